The Bertz CT molecular complexity index is 453. The van der Waals surface area contributed by atoms with E-state index in [0.717, 1.165) is 37.1 Å². The largest absolute Gasteiger partial charge is 0.490 e. The lowest BCUT2D eigenvalue weighted by molar-refractivity contribution is 0.297. The van der Waals surface area contributed by atoms with Gasteiger partial charge in [0, 0.05) is 11.2 Å². The van der Waals surface area contributed by atoms with Gasteiger partial charge in [0.2, 0.25) is 0 Å². The van der Waals surface area contributed by atoms with Crippen molar-refractivity contribution in [2.75, 3.05) is 13.2 Å². The molecule has 0 radical (unpaired) electrons. The number of rotatable bonds is 2. The zero-order valence-corrected chi connectivity index (χ0v) is 14.2. The van der Waals surface area contributed by atoms with Crippen LogP contribution in [-0.4, -0.2) is 13.2 Å². The molecule has 2 nitrogen and oxygen atoms in total. The second kappa shape index (κ2) is 7.53. The van der Waals surface area contributed by atoms with Gasteiger partial charge in [-0.3, -0.25) is 0 Å². The Hall–Kier alpha value is -0.700. The first-order chi connectivity index (χ1) is 10.3. The van der Waals surface area contributed by atoms with Crippen LogP contribution in [0.2, 0.25) is 0 Å². The summed E-state index contributed by atoms with van der Waals surface area (Å²) in [7, 11) is 0. The summed E-state index contributed by atoms with van der Waals surface area (Å²) in [5.41, 5.74) is 1.34. The van der Waals surface area contributed by atoms with E-state index in [4.69, 9.17) is 9.47 Å². The monoisotopic (exact) mass is 352 g/mol. The highest BCUT2D eigenvalue weighted by Gasteiger charge is 2.23. The van der Waals surface area contributed by atoms with E-state index in [1.807, 2.05) is 0 Å². The first-order valence-corrected chi connectivity index (χ1v) is 9.30. The maximum Gasteiger partial charge on any atom is 0.161 e. The van der Waals surface area contributed by atoms with Crippen LogP contribution < -0.4 is 9.47 Å². The molecule has 1 aromatic carbocycles. The number of halogens is 1. The highest BCUT2D eigenvalue weighted by Crippen LogP contribution is 2.41. The lowest BCUT2D eigenvalue weighted by Crippen LogP contribution is -2.10. The molecule has 1 aliphatic heterocycles. The smallest absolute Gasteiger partial charge is 0.161 e. The van der Waals surface area contributed by atoms with Crippen molar-refractivity contribution < 1.29 is 9.47 Å². The Labute approximate surface area is 136 Å². The summed E-state index contributed by atoms with van der Waals surface area (Å²) in [6.07, 6.45) is 10.6. The quantitative estimate of drug-likeness (QED) is 0.640. The van der Waals surface area contributed by atoms with Crippen LogP contribution in [-0.2, 0) is 0 Å². The van der Waals surface area contributed by atoms with Crippen molar-refractivity contribution in [1.29, 1.82) is 0 Å². The van der Waals surface area contributed by atoms with Gasteiger partial charge in [-0.15, -0.1) is 0 Å². The number of hydrogen-bond acceptors (Lipinski definition) is 2. The standard InChI is InChI=1S/C18H25BrO2/c19-18(14-7-4-2-1-3-5-8-14)15-9-10-16-17(13-15)21-12-6-11-20-16/h9-10,13-14,18H,1-8,11-12H2. The number of hydrogen-bond donors (Lipinski definition) is 0. The summed E-state index contributed by atoms with van der Waals surface area (Å²) >= 11 is 3.96. The molecule has 1 atom stereocenters. The molecule has 0 aromatic heterocycles. The molecule has 1 aliphatic carbocycles. The summed E-state index contributed by atoms with van der Waals surface area (Å²) in [5.74, 6) is 2.56. The molecule has 0 saturated heterocycles. The molecule has 1 unspecified atom stereocenters. The predicted molar refractivity (Wildman–Crippen MR) is 89.5 cm³/mol. The molecule has 1 saturated carbocycles. The fraction of sp³-hybridized carbons (Fsp3) is 0.667. The molecule has 3 heteroatoms. The summed E-state index contributed by atoms with van der Waals surface area (Å²) in [4.78, 5) is 0.438. The maximum atomic E-state index is 5.83. The van der Waals surface area contributed by atoms with E-state index in [9.17, 15) is 0 Å². The van der Waals surface area contributed by atoms with E-state index in [0.29, 0.717) is 4.83 Å². The molecule has 1 heterocycles. The molecule has 3 rings (SSSR count). The lowest BCUT2D eigenvalue weighted by Gasteiger charge is -2.25. The van der Waals surface area contributed by atoms with Gasteiger partial charge in [0.25, 0.3) is 0 Å². The van der Waals surface area contributed by atoms with Crippen molar-refractivity contribution in [2.45, 2.75) is 56.2 Å². The lowest BCUT2D eigenvalue weighted by atomic mass is 9.86. The van der Waals surface area contributed by atoms with Crippen LogP contribution in [0.25, 0.3) is 0 Å². The molecular weight excluding hydrogens is 328 g/mol. The molecule has 0 amide bonds. The second-order valence-corrected chi connectivity index (χ2v) is 7.25. The van der Waals surface area contributed by atoms with Crippen LogP contribution in [0.1, 0.15) is 61.8 Å². The Morgan fingerprint density at radius 2 is 1.52 bits per heavy atom. The molecule has 116 valence electrons. The van der Waals surface area contributed by atoms with Crippen molar-refractivity contribution in [3.8, 4) is 11.5 Å². The van der Waals surface area contributed by atoms with Gasteiger partial charge in [0.15, 0.2) is 11.5 Å². The minimum atomic E-state index is 0.438. The van der Waals surface area contributed by atoms with Crippen molar-refractivity contribution >= 4 is 15.9 Å². The van der Waals surface area contributed by atoms with E-state index in [1.54, 1.807) is 0 Å². The maximum absolute atomic E-state index is 5.83. The predicted octanol–water partition coefficient (Wildman–Crippen LogP) is 5.64. The van der Waals surface area contributed by atoms with Crippen LogP contribution in [0.3, 0.4) is 0 Å². The van der Waals surface area contributed by atoms with E-state index in [1.165, 1.54) is 50.5 Å². The third kappa shape index (κ3) is 3.94. The van der Waals surface area contributed by atoms with E-state index >= 15 is 0 Å². The van der Waals surface area contributed by atoms with E-state index < -0.39 is 0 Å². The number of ether oxygens (including phenoxy) is 2. The van der Waals surface area contributed by atoms with Gasteiger partial charge in [-0.1, -0.05) is 54.1 Å². The molecule has 0 bridgehead atoms. The second-order valence-electron chi connectivity index (χ2n) is 6.26. The average molecular weight is 353 g/mol. The number of benzene rings is 1. The van der Waals surface area contributed by atoms with Gasteiger partial charge >= 0.3 is 0 Å². The van der Waals surface area contributed by atoms with Gasteiger partial charge in [-0.2, -0.15) is 0 Å². The van der Waals surface area contributed by atoms with Crippen LogP contribution in [0.5, 0.6) is 11.5 Å². The van der Waals surface area contributed by atoms with Gasteiger partial charge in [0.1, 0.15) is 0 Å². The number of alkyl halides is 1. The highest BCUT2D eigenvalue weighted by atomic mass is 79.9. The van der Waals surface area contributed by atoms with Crippen LogP contribution >= 0.6 is 15.9 Å². The van der Waals surface area contributed by atoms with Crippen molar-refractivity contribution in [2.24, 2.45) is 5.92 Å². The van der Waals surface area contributed by atoms with Gasteiger partial charge < -0.3 is 9.47 Å². The van der Waals surface area contributed by atoms with E-state index in [2.05, 4.69) is 34.1 Å². The van der Waals surface area contributed by atoms with Crippen molar-refractivity contribution in [3.05, 3.63) is 23.8 Å². The fourth-order valence-electron chi connectivity index (χ4n) is 3.40. The Balaban J connectivity index is 1.74. The fourth-order valence-corrected chi connectivity index (χ4v) is 4.22. The SMILES string of the molecule is BrC(c1ccc2c(c1)OCCCO2)C1CCCCCCC1. The molecule has 1 fully saturated rings. The van der Waals surface area contributed by atoms with Crippen LogP contribution in [0, 0.1) is 5.92 Å². The Kier molecular flexibility index (Phi) is 5.45. The summed E-state index contributed by atoms with van der Waals surface area (Å²) in [5, 5.41) is 0. The van der Waals surface area contributed by atoms with E-state index in [-0.39, 0.29) is 0 Å². The first-order valence-electron chi connectivity index (χ1n) is 8.38. The topological polar surface area (TPSA) is 18.5 Å². The normalized spacial score (nSPS) is 22.0. The third-order valence-electron chi connectivity index (χ3n) is 4.65. The zero-order valence-electron chi connectivity index (χ0n) is 12.7. The molecule has 0 N–H and O–H groups in total. The Morgan fingerprint density at radius 3 is 2.29 bits per heavy atom. The van der Waals surface area contributed by atoms with Gasteiger partial charge in [-0.25, -0.2) is 0 Å². The van der Waals surface area contributed by atoms with Gasteiger partial charge in [0.05, 0.1) is 13.2 Å². The minimum absolute atomic E-state index is 0.438. The number of fused-ring (bicyclic) bond motifs is 1. The summed E-state index contributed by atoms with van der Waals surface area (Å²) in [6, 6.07) is 6.46. The van der Waals surface area contributed by atoms with Crippen LogP contribution in [0.15, 0.2) is 18.2 Å². The molecule has 0 spiro atoms. The molecule has 21 heavy (non-hydrogen) atoms. The molecule has 1 aromatic rings. The average Bonchev–Trinajstić information content (AvgIpc) is 2.70. The minimum Gasteiger partial charge on any atom is -0.490 e. The summed E-state index contributed by atoms with van der Waals surface area (Å²) < 4.78 is 11.6. The molecular formula is C18H25BrO2. The Morgan fingerprint density at radius 1 is 0.857 bits per heavy atom. The summed E-state index contributed by atoms with van der Waals surface area (Å²) in [6.45, 7) is 1.51. The first kappa shape index (κ1) is 15.2. The van der Waals surface area contributed by atoms with Gasteiger partial charge in [-0.05, 0) is 36.5 Å². The molecule has 2 aliphatic rings. The zero-order chi connectivity index (χ0) is 14.5. The highest BCUT2D eigenvalue weighted by molar-refractivity contribution is 9.09. The van der Waals surface area contributed by atoms with Crippen LogP contribution in [0.4, 0.5) is 0 Å². The van der Waals surface area contributed by atoms with Crippen molar-refractivity contribution in [1.82, 2.24) is 0 Å². The third-order valence-corrected chi connectivity index (χ3v) is 5.93. The van der Waals surface area contributed by atoms with Crippen molar-refractivity contribution in [3.63, 3.8) is 0 Å².